The van der Waals surface area contributed by atoms with Crippen LogP contribution in [0, 0.1) is 5.92 Å². The molecule has 0 N–H and O–H groups in total. The summed E-state index contributed by atoms with van der Waals surface area (Å²) in [6.45, 7) is 0. The molecular formula is C25H31N7. The normalized spacial score (nSPS) is 17.8. The molecule has 0 aliphatic heterocycles. The fourth-order valence-corrected chi connectivity index (χ4v) is 5.33. The topological polar surface area (TPSA) is 65.8 Å². The lowest BCUT2D eigenvalue weighted by Crippen LogP contribution is -2.16. The van der Waals surface area contributed by atoms with Crippen molar-refractivity contribution >= 4 is 5.52 Å². The molecule has 2 saturated carbocycles. The van der Waals surface area contributed by atoms with Crippen molar-refractivity contribution in [2.45, 2.75) is 70.3 Å². The molecule has 0 radical (unpaired) electrons. The minimum absolute atomic E-state index is 0.539. The Kier molecular flexibility index (Phi) is 5.04. The second-order valence-electron chi connectivity index (χ2n) is 9.64. The van der Waals surface area contributed by atoms with Gasteiger partial charge in [0.15, 0.2) is 0 Å². The molecule has 166 valence electrons. The Labute approximate surface area is 188 Å². The predicted octanol–water partition coefficient (Wildman–Crippen LogP) is 5.23. The van der Waals surface area contributed by atoms with E-state index in [4.69, 9.17) is 10.1 Å². The lowest BCUT2D eigenvalue weighted by Gasteiger charge is -2.25. The first-order chi connectivity index (χ1) is 15.7. The largest absolute Gasteiger partial charge is 0.275 e. The number of fused-ring (bicyclic) bond motifs is 1. The fraction of sp³-hybridized carbons (Fsp3) is 0.520. The maximum Gasteiger partial charge on any atom is 0.0999 e. The summed E-state index contributed by atoms with van der Waals surface area (Å²) in [5, 5.41) is 14.0. The zero-order chi connectivity index (χ0) is 21.5. The second-order valence-corrected chi connectivity index (χ2v) is 9.64. The van der Waals surface area contributed by atoms with E-state index in [0.29, 0.717) is 6.04 Å². The van der Waals surface area contributed by atoms with Crippen LogP contribution in [-0.2, 0) is 13.5 Å². The van der Waals surface area contributed by atoms with Crippen molar-refractivity contribution in [1.82, 2.24) is 34.2 Å². The molecule has 0 spiro atoms. The Balaban J connectivity index is 1.35. The number of rotatable bonds is 6. The monoisotopic (exact) mass is 429 g/mol. The molecule has 2 fully saturated rings. The van der Waals surface area contributed by atoms with Crippen molar-refractivity contribution in [2.75, 3.05) is 0 Å². The summed E-state index contributed by atoms with van der Waals surface area (Å²) in [6, 6.07) is 2.57. The zero-order valence-electron chi connectivity index (χ0n) is 18.8. The molecule has 32 heavy (non-hydrogen) atoms. The summed E-state index contributed by atoms with van der Waals surface area (Å²) in [7, 11) is 2.00. The van der Waals surface area contributed by atoms with E-state index in [2.05, 4.69) is 27.3 Å². The maximum absolute atomic E-state index is 5.13. The quantitative estimate of drug-likeness (QED) is 0.421. The van der Waals surface area contributed by atoms with Gasteiger partial charge < -0.3 is 0 Å². The molecule has 2 aliphatic rings. The number of aromatic nitrogens is 7. The van der Waals surface area contributed by atoms with E-state index < -0.39 is 0 Å². The van der Waals surface area contributed by atoms with E-state index in [1.807, 2.05) is 40.9 Å². The molecule has 0 unspecified atom stereocenters. The van der Waals surface area contributed by atoms with E-state index in [0.717, 1.165) is 46.1 Å². The highest BCUT2D eigenvalue weighted by Crippen LogP contribution is 2.34. The van der Waals surface area contributed by atoms with Crippen LogP contribution in [0.1, 0.15) is 69.5 Å². The molecule has 6 rings (SSSR count). The summed E-state index contributed by atoms with van der Waals surface area (Å²) in [4.78, 5) is 5.13. The average Bonchev–Trinajstić information content (AvgIpc) is 3.51. The predicted molar refractivity (Wildman–Crippen MR) is 124 cm³/mol. The third kappa shape index (κ3) is 3.63. The van der Waals surface area contributed by atoms with Gasteiger partial charge in [-0.15, -0.1) is 0 Å². The minimum atomic E-state index is 0.539. The third-order valence-corrected chi connectivity index (χ3v) is 7.41. The van der Waals surface area contributed by atoms with Crippen LogP contribution in [-0.4, -0.2) is 34.2 Å². The molecule has 0 bridgehead atoms. The number of hydrogen-bond donors (Lipinski definition) is 0. The van der Waals surface area contributed by atoms with Crippen molar-refractivity contribution in [3.05, 3.63) is 42.7 Å². The molecule has 0 aromatic carbocycles. The molecule has 4 heterocycles. The molecule has 4 aromatic rings. The summed E-state index contributed by atoms with van der Waals surface area (Å²) < 4.78 is 5.98. The van der Waals surface area contributed by atoms with Gasteiger partial charge in [-0.3, -0.25) is 9.36 Å². The molecule has 7 heteroatoms. The van der Waals surface area contributed by atoms with Crippen LogP contribution in [0.3, 0.4) is 0 Å². The Hall–Kier alpha value is -2.96. The second kappa shape index (κ2) is 8.19. The van der Waals surface area contributed by atoms with Gasteiger partial charge in [-0.2, -0.15) is 15.3 Å². The van der Waals surface area contributed by atoms with Crippen molar-refractivity contribution in [3.8, 4) is 22.5 Å². The lowest BCUT2D eigenvalue weighted by atomic mass is 9.85. The maximum atomic E-state index is 5.13. The van der Waals surface area contributed by atoms with Crippen molar-refractivity contribution in [2.24, 2.45) is 13.0 Å². The first-order valence-corrected chi connectivity index (χ1v) is 12.2. The van der Waals surface area contributed by atoms with Crippen LogP contribution in [0.25, 0.3) is 28.0 Å². The Morgan fingerprint density at radius 3 is 2.66 bits per heavy atom. The van der Waals surface area contributed by atoms with Gasteiger partial charge in [-0.05, 0) is 44.1 Å². The van der Waals surface area contributed by atoms with E-state index in [1.54, 1.807) is 0 Å². The highest BCUT2D eigenvalue weighted by atomic mass is 15.3. The van der Waals surface area contributed by atoms with E-state index in [1.165, 1.54) is 57.8 Å². The van der Waals surface area contributed by atoms with Gasteiger partial charge >= 0.3 is 0 Å². The Bertz CT molecular complexity index is 1220. The van der Waals surface area contributed by atoms with E-state index >= 15 is 0 Å². The standard InChI is InChI=1S/C25H31N7/c1-30-16-21(22(29-30)11-10-18-6-3-2-4-7-18)23-17-32-24(12-13-26-32)25(28-23)19-14-27-31(15-19)20-8-5-9-20/h12-18,20H,2-11H2,1H3. The van der Waals surface area contributed by atoms with Gasteiger partial charge in [0.2, 0.25) is 0 Å². The smallest absolute Gasteiger partial charge is 0.0999 e. The number of nitrogens with zero attached hydrogens (tertiary/aromatic N) is 7. The number of aryl methyl sites for hydroxylation is 2. The first-order valence-electron chi connectivity index (χ1n) is 12.2. The van der Waals surface area contributed by atoms with Crippen LogP contribution in [0.2, 0.25) is 0 Å². The SMILES string of the molecule is Cn1cc(-c2cn3nccc3c(-c3cnn(C4CCC4)c3)n2)c(CCC2CCCCC2)n1. The molecule has 0 saturated heterocycles. The van der Waals surface area contributed by atoms with Crippen LogP contribution in [0.15, 0.2) is 37.1 Å². The van der Waals surface area contributed by atoms with Crippen LogP contribution < -0.4 is 0 Å². The Morgan fingerprint density at radius 1 is 0.969 bits per heavy atom. The van der Waals surface area contributed by atoms with Gasteiger partial charge in [0.25, 0.3) is 0 Å². The molecular weight excluding hydrogens is 398 g/mol. The first kappa shape index (κ1) is 19.7. The lowest BCUT2D eigenvalue weighted by molar-refractivity contribution is 0.289. The fourth-order valence-electron chi connectivity index (χ4n) is 5.33. The highest BCUT2D eigenvalue weighted by molar-refractivity contribution is 5.78. The summed E-state index contributed by atoms with van der Waals surface area (Å²) in [5.74, 6) is 0.841. The third-order valence-electron chi connectivity index (χ3n) is 7.41. The van der Waals surface area contributed by atoms with Gasteiger partial charge in [0.05, 0.1) is 47.2 Å². The van der Waals surface area contributed by atoms with Crippen LogP contribution in [0.4, 0.5) is 0 Å². The number of hydrogen-bond acceptors (Lipinski definition) is 4. The summed E-state index contributed by atoms with van der Waals surface area (Å²) in [5.41, 5.74) is 6.19. The van der Waals surface area contributed by atoms with Crippen LogP contribution >= 0.6 is 0 Å². The van der Waals surface area contributed by atoms with Gasteiger partial charge in [-0.1, -0.05) is 32.1 Å². The van der Waals surface area contributed by atoms with Crippen LogP contribution in [0.5, 0.6) is 0 Å². The average molecular weight is 430 g/mol. The summed E-state index contributed by atoms with van der Waals surface area (Å²) >= 11 is 0. The zero-order valence-corrected chi connectivity index (χ0v) is 18.8. The summed E-state index contributed by atoms with van der Waals surface area (Å²) in [6.07, 6.45) is 23.0. The minimum Gasteiger partial charge on any atom is -0.275 e. The van der Waals surface area contributed by atoms with Gasteiger partial charge in [-0.25, -0.2) is 9.50 Å². The molecule has 0 atom stereocenters. The Morgan fingerprint density at radius 2 is 1.84 bits per heavy atom. The molecule has 4 aromatic heterocycles. The van der Waals surface area contributed by atoms with Crippen molar-refractivity contribution in [3.63, 3.8) is 0 Å². The highest BCUT2D eigenvalue weighted by Gasteiger charge is 2.22. The van der Waals surface area contributed by atoms with Crippen molar-refractivity contribution < 1.29 is 0 Å². The van der Waals surface area contributed by atoms with Crippen molar-refractivity contribution in [1.29, 1.82) is 0 Å². The molecule has 0 amide bonds. The van der Waals surface area contributed by atoms with Gasteiger partial charge in [0.1, 0.15) is 0 Å². The molecule has 2 aliphatic carbocycles. The van der Waals surface area contributed by atoms with E-state index in [-0.39, 0.29) is 0 Å². The molecule has 7 nitrogen and oxygen atoms in total. The van der Waals surface area contributed by atoms with Gasteiger partial charge in [0, 0.05) is 30.6 Å². The van der Waals surface area contributed by atoms with E-state index in [9.17, 15) is 0 Å².